The first-order chi connectivity index (χ1) is 3.80. The zero-order valence-corrected chi connectivity index (χ0v) is 4.82. The minimum Gasteiger partial charge on any atom is -0.464 e. The van der Waals surface area contributed by atoms with E-state index in [2.05, 4.69) is 0 Å². The van der Waals surface area contributed by atoms with Gasteiger partial charge >= 0.3 is 6.09 Å². The first-order valence-corrected chi connectivity index (χ1v) is 2.17. The van der Waals surface area contributed by atoms with Gasteiger partial charge in [0.15, 0.2) is 0 Å². The summed E-state index contributed by atoms with van der Waals surface area (Å²) in [6, 6.07) is 3.32. The van der Waals surface area contributed by atoms with Crippen molar-refractivity contribution in [2.45, 2.75) is 0 Å². The molecule has 0 fully saturated rings. The lowest BCUT2D eigenvalue weighted by Crippen LogP contribution is -2.03. The third-order valence-corrected chi connectivity index (χ3v) is 0.825. The van der Waals surface area contributed by atoms with Gasteiger partial charge in [-0.05, 0) is 12.1 Å². The average Bonchev–Trinajstić information content (AvgIpc) is 2.12. The van der Waals surface area contributed by atoms with Crippen LogP contribution >= 0.6 is 0 Å². The Hall–Kier alpha value is -1.29. The summed E-state index contributed by atoms with van der Waals surface area (Å²) in [7, 11) is 0. The van der Waals surface area contributed by atoms with E-state index in [1.807, 2.05) is 0 Å². The van der Waals surface area contributed by atoms with Crippen molar-refractivity contribution in [3.63, 3.8) is 0 Å². The molecule has 0 amide bonds. The summed E-state index contributed by atoms with van der Waals surface area (Å²) in [6.07, 6.45) is 2.00. The van der Waals surface area contributed by atoms with Crippen molar-refractivity contribution in [3.05, 3.63) is 24.5 Å². The number of rotatable bonds is 0. The Morgan fingerprint density at radius 2 is 1.78 bits per heavy atom. The zero-order chi connectivity index (χ0) is 5.98. The molecule has 0 spiro atoms. The summed E-state index contributed by atoms with van der Waals surface area (Å²) in [6.45, 7) is 0. The molecule has 4 heteroatoms. The van der Waals surface area contributed by atoms with Crippen LogP contribution in [0.2, 0.25) is 0 Å². The largest absolute Gasteiger partial charge is 0.464 e. The van der Waals surface area contributed by atoms with E-state index >= 15 is 0 Å². The highest BCUT2D eigenvalue weighted by Crippen LogP contribution is 1.86. The van der Waals surface area contributed by atoms with Crippen LogP contribution < -0.4 is 6.15 Å². The van der Waals surface area contributed by atoms with E-state index in [0.29, 0.717) is 0 Å². The van der Waals surface area contributed by atoms with Crippen LogP contribution in [0.4, 0.5) is 4.79 Å². The third-order valence-electron chi connectivity index (χ3n) is 0.825. The Labute approximate surface area is 52.3 Å². The molecule has 0 aliphatic carbocycles. The topological polar surface area (TPSA) is 77.2 Å². The van der Waals surface area contributed by atoms with E-state index in [1.54, 1.807) is 12.1 Å². The maximum Gasteiger partial charge on any atom is 0.415 e. The fourth-order valence-corrected chi connectivity index (χ4v) is 0.462. The molecule has 1 aromatic heterocycles. The highest BCUT2D eigenvalue weighted by Gasteiger charge is 1.92. The van der Waals surface area contributed by atoms with Crippen LogP contribution in [0.25, 0.3) is 0 Å². The van der Waals surface area contributed by atoms with Crippen LogP contribution in [0.15, 0.2) is 24.5 Å². The summed E-state index contributed by atoms with van der Waals surface area (Å²) < 4.78 is 1.08. The van der Waals surface area contributed by atoms with Crippen LogP contribution in [0.3, 0.4) is 0 Å². The zero-order valence-electron chi connectivity index (χ0n) is 4.82. The van der Waals surface area contributed by atoms with E-state index < -0.39 is 6.09 Å². The van der Waals surface area contributed by atoms with Gasteiger partial charge in [-0.15, -0.1) is 0 Å². The quantitative estimate of drug-likeness (QED) is 0.550. The van der Waals surface area contributed by atoms with Crippen molar-refractivity contribution in [1.29, 1.82) is 0 Å². The molecule has 4 N–H and O–H groups in total. The maximum absolute atomic E-state index is 10.0. The van der Waals surface area contributed by atoms with E-state index in [4.69, 9.17) is 5.11 Å². The predicted octanol–water partition coefficient (Wildman–Crippen LogP) is 1.18. The van der Waals surface area contributed by atoms with E-state index in [0.717, 1.165) is 4.57 Å². The van der Waals surface area contributed by atoms with Gasteiger partial charge in [0.25, 0.3) is 0 Å². The second-order valence-corrected chi connectivity index (χ2v) is 1.37. The summed E-state index contributed by atoms with van der Waals surface area (Å²) in [4.78, 5) is 10.0. The van der Waals surface area contributed by atoms with Gasteiger partial charge in [0, 0.05) is 12.4 Å². The monoisotopic (exact) mass is 128 g/mol. The molecule has 0 unspecified atom stereocenters. The van der Waals surface area contributed by atoms with Gasteiger partial charge < -0.3 is 11.3 Å². The predicted molar refractivity (Wildman–Crippen MR) is 32.9 cm³/mol. The summed E-state index contributed by atoms with van der Waals surface area (Å²) in [5.41, 5.74) is 0. The Balaban J connectivity index is 0.000000640. The molecule has 0 atom stereocenters. The second kappa shape index (κ2) is 2.88. The molecule has 1 rings (SSSR count). The normalized spacial score (nSPS) is 8.00. The molecule has 0 saturated carbocycles. The van der Waals surface area contributed by atoms with Crippen molar-refractivity contribution in [3.8, 4) is 0 Å². The lowest BCUT2D eigenvalue weighted by atomic mass is 10.7. The molecule has 4 nitrogen and oxygen atoms in total. The van der Waals surface area contributed by atoms with E-state index in [9.17, 15) is 4.79 Å². The van der Waals surface area contributed by atoms with Gasteiger partial charge in [-0.3, -0.25) is 4.57 Å². The Kier molecular flexibility index (Phi) is 2.47. The number of hydrogen-bond acceptors (Lipinski definition) is 2. The van der Waals surface area contributed by atoms with Gasteiger partial charge in [0.1, 0.15) is 0 Å². The molecule has 0 aliphatic rings. The van der Waals surface area contributed by atoms with Crippen LogP contribution in [-0.2, 0) is 0 Å². The highest BCUT2D eigenvalue weighted by atomic mass is 16.4. The first-order valence-electron chi connectivity index (χ1n) is 2.17. The molecule has 50 valence electrons. The average molecular weight is 128 g/mol. The standard InChI is InChI=1S/C5H5NO2.H3N/c7-5(8)6-3-1-2-4-6;/h1-4H,(H,7,8);1H3. The third kappa shape index (κ3) is 1.58. The van der Waals surface area contributed by atoms with Crippen LogP contribution in [0, 0.1) is 0 Å². The molecule has 0 radical (unpaired) electrons. The van der Waals surface area contributed by atoms with Crippen molar-refractivity contribution >= 4 is 6.09 Å². The Morgan fingerprint density at radius 3 is 2.00 bits per heavy atom. The van der Waals surface area contributed by atoms with Crippen molar-refractivity contribution < 1.29 is 9.90 Å². The number of carboxylic acid groups (broad SMARTS) is 1. The van der Waals surface area contributed by atoms with Crippen molar-refractivity contribution in [2.75, 3.05) is 0 Å². The summed E-state index contributed by atoms with van der Waals surface area (Å²) in [5, 5.41) is 8.24. The lowest BCUT2D eigenvalue weighted by molar-refractivity contribution is 0.196. The van der Waals surface area contributed by atoms with Crippen molar-refractivity contribution in [1.82, 2.24) is 10.7 Å². The molecular weight excluding hydrogens is 120 g/mol. The van der Waals surface area contributed by atoms with Gasteiger partial charge in [0.05, 0.1) is 0 Å². The molecule has 0 bridgehead atoms. The van der Waals surface area contributed by atoms with Crippen molar-refractivity contribution in [2.24, 2.45) is 0 Å². The number of aromatic nitrogens is 1. The first kappa shape index (κ1) is 7.71. The van der Waals surface area contributed by atoms with Gasteiger partial charge in [0.2, 0.25) is 0 Å². The Bertz CT molecular complexity index is 181. The fraction of sp³-hybridized carbons (Fsp3) is 0. The molecule has 0 saturated heterocycles. The molecular formula is C5H8N2O2. The Morgan fingerprint density at radius 1 is 1.33 bits per heavy atom. The van der Waals surface area contributed by atoms with Crippen LogP contribution in [0.5, 0.6) is 0 Å². The van der Waals surface area contributed by atoms with Gasteiger partial charge in [-0.25, -0.2) is 4.79 Å². The van der Waals surface area contributed by atoms with Crippen LogP contribution in [0.1, 0.15) is 0 Å². The number of carbonyl (C=O) groups is 1. The molecule has 0 aliphatic heterocycles. The smallest absolute Gasteiger partial charge is 0.415 e. The summed E-state index contributed by atoms with van der Waals surface area (Å²) >= 11 is 0. The fourth-order valence-electron chi connectivity index (χ4n) is 0.462. The number of nitrogens with zero attached hydrogens (tertiary/aromatic N) is 1. The SMILES string of the molecule is N.O=C(O)n1cccc1. The minimum absolute atomic E-state index is 0. The highest BCUT2D eigenvalue weighted by molar-refractivity contribution is 5.67. The lowest BCUT2D eigenvalue weighted by Gasteiger charge is -1.87. The molecule has 9 heavy (non-hydrogen) atoms. The number of hydrogen-bond donors (Lipinski definition) is 2. The van der Waals surface area contributed by atoms with Gasteiger partial charge in [-0.2, -0.15) is 0 Å². The van der Waals surface area contributed by atoms with E-state index in [-0.39, 0.29) is 6.15 Å². The molecule has 1 aromatic rings. The summed E-state index contributed by atoms with van der Waals surface area (Å²) in [5.74, 6) is 0. The molecule has 1 heterocycles. The maximum atomic E-state index is 10.0. The van der Waals surface area contributed by atoms with Gasteiger partial charge in [-0.1, -0.05) is 0 Å². The van der Waals surface area contributed by atoms with Crippen LogP contribution in [-0.4, -0.2) is 15.8 Å². The second-order valence-electron chi connectivity index (χ2n) is 1.37. The van der Waals surface area contributed by atoms with E-state index in [1.165, 1.54) is 12.4 Å². The minimum atomic E-state index is -0.949. The molecule has 0 aromatic carbocycles.